The Bertz CT molecular complexity index is 798. The molecule has 4 rings (SSSR count). The number of aliphatic carboxylic acids is 1. The topological polar surface area (TPSA) is 83.6 Å². The van der Waals surface area contributed by atoms with Crippen LogP contribution in [0, 0.1) is 18.8 Å². The van der Waals surface area contributed by atoms with Crippen LogP contribution in [0.2, 0.25) is 0 Å². The Hall–Kier alpha value is -2.15. The van der Waals surface area contributed by atoms with Crippen LogP contribution in [-0.2, 0) is 16.0 Å². The molecule has 1 aliphatic carbocycles. The van der Waals surface area contributed by atoms with Crippen LogP contribution in [0.5, 0.6) is 0 Å². The Morgan fingerprint density at radius 3 is 3.00 bits per heavy atom. The summed E-state index contributed by atoms with van der Waals surface area (Å²) in [6.45, 7) is 2.34. The second-order valence-electron chi connectivity index (χ2n) is 6.89. The Labute approximate surface area is 149 Å². The Kier molecular flexibility index (Phi) is 4.11. The third-order valence-corrected chi connectivity index (χ3v) is 6.13. The predicted molar refractivity (Wildman–Crippen MR) is 92.2 cm³/mol. The van der Waals surface area contributed by atoms with Crippen LogP contribution in [0.4, 0.5) is 0 Å². The highest BCUT2D eigenvalue weighted by molar-refractivity contribution is 7.08. The van der Waals surface area contributed by atoms with Crippen LogP contribution >= 0.6 is 11.3 Å². The van der Waals surface area contributed by atoms with Gasteiger partial charge >= 0.3 is 5.97 Å². The molecule has 1 amide bonds. The fourth-order valence-electron chi connectivity index (χ4n) is 4.23. The van der Waals surface area contributed by atoms with Gasteiger partial charge in [-0.15, -0.1) is 0 Å². The number of carboxylic acid groups (broad SMARTS) is 1. The van der Waals surface area contributed by atoms with E-state index in [1.165, 1.54) is 0 Å². The van der Waals surface area contributed by atoms with Gasteiger partial charge in [-0.1, -0.05) is 6.42 Å². The number of likely N-dealkylation sites (tertiary alicyclic amines) is 1. The van der Waals surface area contributed by atoms with E-state index in [-0.39, 0.29) is 18.2 Å². The summed E-state index contributed by atoms with van der Waals surface area (Å²) in [7, 11) is 0. The highest BCUT2D eigenvalue weighted by Crippen LogP contribution is 2.42. The number of oxazole rings is 1. The lowest BCUT2D eigenvalue weighted by Crippen LogP contribution is -2.44. The zero-order chi connectivity index (χ0) is 17.6. The predicted octanol–water partition coefficient (Wildman–Crippen LogP) is 2.97. The van der Waals surface area contributed by atoms with Crippen LogP contribution in [0.15, 0.2) is 21.2 Å². The maximum Gasteiger partial charge on any atom is 0.326 e. The molecule has 132 valence electrons. The number of thiophene rings is 1. The average molecular weight is 360 g/mol. The molecule has 3 heterocycles. The number of aromatic nitrogens is 1. The largest absolute Gasteiger partial charge is 0.480 e. The molecule has 0 aromatic carbocycles. The fraction of sp³-hybridized carbons (Fsp3) is 0.500. The SMILES string of the molecule is Cc1oc(-c2ccsc2)nc1CC(=O)N1CC2CCCC2C1C(=O)O. The molecule has 3 atom stereocenters. The van der Waals surface area contributed by atoms with Gasteiger partial charge in [-0.05, 0) is 43.0 Å². The molecular formula is C18H20N2O4S. The molecule has 7 heteroatoms. The minimum Gasteiger partial charge on any atom is -0.480 e. The normalized spacial score (nSPS) is 25.3. The molecule has 3 unspecified atom stereocenters. The van der Waals surface area contributed by atoms with E-state index in [0.717, 1.165) is 24.8 Å². The van der Waals surface area contributed by atoms with E-state index >= 15 is 0 Å². The van der Waals surface area contributed by atoms with Gasteiger partial charge in [0.05, 0.1) is 12.1 Å². The summed E-state index contributed by atoms with van der Waals surface area (Å²) in [5, 5.41) is 13.5. The van der Waals surface area contributed by atoms with Crippen LogP contribution in [0.25, 0.3) is 11.5 Å². The molecule has 6 nitrogen and oxygen atoms in total. The van der Waals surface area contributed by atoms with Gasteiger partial charge in [0.1, 0.15) is 11.8 Å². The summed E-state index contributed by atoms with van der Waals surface area (Å²) in [4.78, 5) is 30.5. The smallest absolute Gasteiger partial charge is 0.326 e. The Morgan fingerprint density at radius 1 is 1.44 bits per heavy atom. The van der Waals surface area contributed by atoms with Gasteiger partial charge in [-0.2, -0.15) is 11.3 Å². The van der Waals surface area contributed by atoms with Crippen molar-refractivity contribution < 1.29 is 19.1 Å². The number of rotatable bonds is 4. The van der Waals surface area contributed by atoms with E-state index in [9.17, 15) is 14.7 Å². The van der Waals surface area contributed by atoms with Crippen LogP contribution < -0.4 is 0 Å². The number of carboxylic acids is 1. The molecule has 0 spiro atoms. The summed E-state index contributed by atoms with van der Waals surface area (Å²) in [5.41, 5.74) is 1.48. The minimum absolute atomic E-state index is 0.0860. The number of carbonyl (C=O) groups excluding carboxylic acids is 1. The first-order chi connectivity index (χ1) is 12.0. The number of hydrogen-bond donors (Lipinski definition) is 1. The number of aryl methyl sites for hydroxylation is 1. The summed E-state index contributed by atoms with van der Waals surface area (Å²) in [6.07, 6.45) is 3.07. The van der Waals surface area contributed by atoms with E-state index in [1.807, 2.05) is 16.8 Å². The van der Waals surface area contributed by atoms with Crippen molar-refractivity contribution in [2.75, 3.05) is 6.54 Å². The second-order valence-corrected chi connectivity index (χ2v) is 7.67. The van der Waals surface area contributed by atoms with Crippen molar-refractivity contribution in [1.29, 1.82) is 0 Å². The number of fused-ring (bicyclic) bond motifs is 1. The van der Waals surface area contributed by atoms with E-state index in [2.05, 4.69) is 4.98 Å². The molecule has 1 N–H and O–H groups in total. The first-order valence-electron chi connectivity index (χ1n) is 8.55. The van der Waals surface area contributed by atoms with E-state index in [1.54, 1.807) is 23.2 Å². The van der Waals surface area contributed by atoms with Crippen LogP contribution in [-0.4, -0.2) is 39.5 Å². The maximum absolute atomic E-state index is 12.8. The summed E-state index contributed by atoms with van der Waals surface area (Å²) in [5.74, 6) is 0.482. The summed E-state index contributed by atoms with van der Waals surface area (Å²) >= 11 is 1.56. The maximum atomic E-state index is 12.8. The van der Waals surface area contributed by atoms with Gasteiger partial charge in [0, 0.05) is 17.5 Å². The van der Waals surface area contributed by atoms with Gasteiger partial charge in [0.25, 0.3) is 0 Å². The first kappa shape index (κ1) is 16.3. The number of carbonyl (C=O) groups is 2. The van der Waals surface area contributed by atoms with E-state index < -0.39 is 12.0 Å². The molecule has 2 aromatic heterocycles. The molecule has 2 aromatic rings. The average Bonchev–Trinajstić information content (AvgIpc) is 3.30. The lowest BCUT2D eigenvalue weighted by atomic mass is 9.94. The van der Waals surface area contributed by atoms with Crippen molar-refractivity contribution in [3.63, 3.8) is 0 Å². The second kappa shape index (κ2) is 6.29. The molecule has 0 radical (unpaired) electrons. The molecule has 0 bridgehead atoms. The monoisotopic (exact) mass is 360 g/mol. The van der Waals surface area contributed by atoms with Crippen molar-refractivity contribution >= 4 is 23.2 Å². The van der Waals surface area contributed by atoms with Gasteiger partial charge < -0.3 is 14.4 Å². The Morgan fingerprint density at radius 2 is 2.28 bits per heavy atom. The standard InChI is InChI=1S/C18H20N2O4S/c1-10-14(19-17(24-10)12-5-6-25-9-12)7-15(21)20-8-11-3-2-4-13(11)16(20)18(22)23/h5-6,9,11,13,16H,2-4,7-8H2,1H3,(H,22,23). The van der Waals surface area contributed by atoms with Gasteiger partial charge in [-0.3, -0.25) is 4.79 Å². The van der Waals surface area contributed by atoms with Crippen LogP contribution in [0.1, 0.15) is 30.7 Å². The number of amides is 1. The van der Waals surface area contributed by atoms with Gasteiger partial charge in [0.2, 0.25) is 11.8 Å². The molecule has 25 heavy (non-hydrogen) atoms. The van der Waals surface area contributed by atoms with Crippen molar-refractivity contribution in [2.24, 2.45) is 11.8 Å². The van der Waals surface area contributed by atoms with Crippen molar-refractivity contribution in [3.8, 4) is 11.5 Å². The number of hydrogen-bond acceptors (Lipinski definition) is 5. The summed E-state index contributed by atoms with van der Waals surface area (Å²) < 4.78 is 5.68. The third-order valence-electron chi connectivity index (χ3n) is 5.44. The Balaban J connectivity index is 1.53. The molecule has 2 aliphatic rings. The molecule has 1 saturated heterocycles. The molecule has 2 fully saturated rings. The quantitative estimate of drug-likeness (QED) is 0.906. The lowest BCUT2D eigenvalue weighted by Gasteiger charge is -2.24. The van der Waals surface area contributed by atoms with Crippen molar-refractivity contribution in [1.82, 2.24) is 9.88 Å². The highest BCUT2D eigenvalue weighted by atomic mass is 32.1. The lowest BCUT2D eigenvalue weighted by molar-refractivity contribution is -0.149. The third kappa shape index (κ3) is 2.86. The van der Waals surface area contributed by atoms with E-state index in [0.29, 0.717) is 29.8 Å². The minimum atomic E-state index is -0.890. The fourth-order valence-corrected chi connectivity index (χ4v) is 4.85. The van der Waals surface area contributed by atoms with Crippen molar-refractivity contribution in [2.45, 2.75) is 38.6 Å². The molecule has 1 aliphatic heterocycles. The van der Waals surface area contributed by atoms with Crippen LogP contribution in [0.3, 0.4) is 0 Å². The molecule has 1 saturated carbocycles. The van der Waals surface area contributed by atoms with Crippen molar-refractivity contribution in [3.05, 3.63) is 28.3 Å². The van der Waals surface area contributed by atoms with Gasteiger partial charge in [0.15, 0.2) is 0 Å². The van der Waals surface area contributed by atoms with E-state index in [4.69, 9.17) is 4.42 Å². The first-order valence-corrected chi connectivity index (χ1v) is 9.50. The molecular weight excluding hydrogens is 340 g/mol. The number of nitrogens with zero attached hydrogens (tertiary/aromatic N) is 2. The zero-order valence-corrected chi connectivity index (χ0v) is 14.8. The zero-order valence-electron chi connectivity index (χ0n) is 14.0. The highest BCUT2D eigenvalue weighted by Gasteiger charge is 2.49. The summed E-state index contributed by atoms with van der Waals surface area (Å²) in [6, 6.07) is 1.23. The van der Waals surface area contributed by atoms with Gasteiger partial charge in [-0.25, -0.2) is 9.78 Å².